The van der Waals surface area contributed by atoms with Crippen LogP contribution in [-0.4, -0.2) is 85.6 Å². The lowest BCUT2D eigenvalue weighted by molar-refractivity contribution is -0.138. The van der Waals surface area contributed by atoms with Gasteiger partial charge in [0.1, 0.15) is 0 Å². The highest BCUT2D eigenvalue weighted by atomic mass is 35.5. The van der Waals surface area contributed by atoms with E-state index in [1.54, 1.807) is 12.1 Å². The van der Waals surface area contributed by atoms with Crippen LogP contribution in [0.15, 0.2) is 36.4 Å². The van der Waals surface area contributed by atoms with Crippen molar-refractivity contribution in [1.82, 2.24) is 14.7 Å². The first-order valence-corrected chi connectivity index (χ1v) is 15.5. The Balaban J connectivity index is 1.52. The lowest BCUT2D eigenvalue weighted by atomic mass is 9.94. The van der Waals surface area contributed by atoms with Gasteiger partial charge in [-0.1, -0.05) is 50.0 Å². The molecule has 0 saturated carbocycles. The molecule has 2 aliphatic heterocycles. The molecule has 2 saturated heterocycles. The first-order valence-electron chi connectivity index (χ1n) is 14.8. The van der Waals surface area contributed by atoms with E-state index in [1.165, 1.54) is 12.1 Å². The zero-order chi connectivity index (χ0) is 30.6. The van der Waals surface area contributed by atoms with Gasteiger partial charge in [0.15, 0.2) is 0 Å². The maximum Gasteiger partial charge on any atom is 0.416 e. The summed E-state index contributed by atoms with van der Waals surface area (Å²) in [5, 5.41) is 1.10. The minimum Gasteiger partial charge on any atom is -0.368 e. The fourth-order valence-electron chi connectivity index (χ4n) is 5.99. The van der Waals surface area contributed by atoms with Gasteiger partial charge in [-0.3, -0.25) is 9.69 Å². The van der Waals surface area contributed by atoms with Gasteiger partial charge in [0, 0.05) is 74.1 Å². The van der Waals surface area contributed by atoms with Crippen LogP contribution in [0.4, 0.5) is 18.9 Å². The number of amides is 1. The van der Waals surface area contributed by atoms with E-state index in [2.05, 4.69) is 21.6 Å². The molecule has 2 fully saturated rings. The Hall–Kier alpha value is -2.04. The van der Waals surface area contributed by atoms with Crippen molar-refractivity contribution >= 4 is 34.8 Å². The third kappa shape index (κ3) is 8.11. The molecule has 2 heterocycles. The van der Waals surface area contributed by atoms with Crippen LogP contribution in [0.25, 0.3) is 0 Å². The monoisotopic (exact) mass is 627 g/mol. The van der Waals surface area contributed by atoms with Gasteiger partial charge in [0.25, 0.3) is 0 Å². The number of halogens is 5. The van der Waals surface area contributed by atoms with Gasteiger partial charge in [-0.15, -0.1) is 0 Å². The van der Waals surface area contributed by atoms with E-state index >= 15 is 0 Å². The van der Waals surface area contributed by atoms with Crippen LogP contribution in [0.3, 0.4) is 0 Å². The van der Waals surface area contributed by atoms with Crippen molar-refractivity contribution in [3.8, 4) is 0 Å². The van der Waals surface area contributed by atoms with E-state index in [0.29, 0.717) is 60.3 Å². The molecule has 4 rings (SSSR count). The normalized spacial score (nSPS) is 18.9. The van der Waals surface area contributed by atoms with Crippen LogP contribution >= 0.6 is 23.2 Å². The summed E-state index contributed by atoms with van der Waals surface area (Å²) < 4.78 is 40.7. The topological polar surface area (TPSA) is 56.0 Å². The van der Waals surface area contributed by atoms with Crippen molar-refractivity contribution in [1.29, 1.82) is 0 Å². The molecule has 6 nitrogen and oxygen atoms in total. The molecular formula is C31H42Cl2F3N5O. The Morgan fingerprint density at radius 3 is 2.19 bits per heavy atom. The average Bonchev–Trinajstić information content (AvgIpc) is 2.95. The summed E-state index contributed by atoms with van der Waals surface area (Å²) in [6.07, 6.45) is -3.39. The molecule has 0 bridgehead atoms. The first kappa shape index (κ1) is 32.9. The highest BCUT2D eigenvalue weighted by molar-refractivity contribution is 6.35. The molecule has 2 aliphatic rings. The van der Waals surface area contributed by atoms with E-state index < -0.39 is 17.8 Å². The summed E-state index contributed by atoms with van der Waals surface area (Å²) >= 11 is 12.6. The van der Waals surface area contributed by atoms with Crippen molar-refractivity contribution in [2.75, 3.05) is 63.8 Å². The Labute approximate surface area is 257 Å². The standard InChI is InChI=1S/C31H42Cl2F3N5O/c1-4-38-9-11-40(12-10-38)29(18-22-5-7-24(32)20-26(22)33)30(42)41-15-13-39(14-16-41)28-8-6-23(31(34,35)36)19-25(28)27(37)17-21(2)3/h5-8,19-21,27,29H,4,9-18,37H2,1-3H3. The lowest BCUT2D eigenvalue weighted by Crippen LogP contribution is -2.59. The predicted octanol–water partition coefficient (Wildman–Crippen LogP) is 5.96. The molecule has 2 aromatic carbocycles. The number of nitrogens with two attached hydrogens (primary N) is 1. The van der Waals surface area contributed by atoms with Gasteiger partial charge in [0.05, 0.1) is 11.6 Å². The SMILES string of the molecule is CCN1CCN(C(Cc2ccc(Cl)cc2Cl)C(=O)N2CCN(c3ccc(C(F)(F)F)cc3C(N)CC(C)C)CC2)CC1. The quantitative estimate of drug-likeness (QED) is 0.372. The molecule has 2 aromatic rings. The molecule has 0 radical (unpaired) electrons. The highest BCUT2D eigenvalue weighted by Crippen LogP contribution is 2.37. The van der Waals surface area contributed by atoms with Gasteiger partial charge < -0.3 is 20.4 Å². The van der Waals surface area contributed by atoms with Crippen molar-refractivity contribution < 1.29 is 18.0 Å². The van der Waals surface area contributed by atoms with Gasteiger partial charge >= 0.3 is 6.18 Å². The van der Waals surface area contributed by atoms with Crippen molar-refractivity contribution in [3.05, 3.63) is 63.1 Å². The smallest absolute Gasteiger partial charge is 0.368 e. The first-order chi connectivity index (χ1) is 19.9. The van der Waals surface area contributed by atoms with Crippen molar-refractivity contribution in [2.24, 2.45) is 11.7 Å². The Morgan fingerprint density at radius 1 is 0.952 bits per heavy atom. The number of benzene rings is 2. The third-order valence-corrected chi connectivity index (χ3v) is 9.01. The summed E-state index contributed by atoms with van der Waals surface area (Å²) in [6, 6.07) is 8.37. The Morgan fingerprint density at radius 2 is 1.62 bits per heavy atom. The van der Waals surface area contributed by atoms with E-state index in [-0.39, 0.29) is 17.9 Å². The van der Waals surface area contributed by atoms with E-state index in [1.807, 2.05) is 24.8 Å². The van der Waals surface area contributed by atoms with Crippen LogP contribution in [0.5, 0.6) is 0 Å². The van der Waals surface area contributed by atoms with Gasteiger partial charge in [-0.25, -0.2) is 0 Å². The molecule has 11 heteroatoms. The van der Waals surface area contributed by atoms with Crippen LogP contribution in [0.2, 0.25) is 10.0 Å². The lowest BCUT2D eigenvalue weighted by Gasteiger charge is -2.43. The minimum atomic E-state index is -4.44. The number of anilines is 1. The average molecular weight is 629 g/mol. The molecule has 0 aromatic heterocycles. The Kier molecular flexibility index (Phi) is 11.1. The number of piperazine rings is 2. The second-order valence-electron chi connectivity index (χ2n) is 11.7. The third-order valence-electron chi connectivity index (χ3n) is 8.42. The molecule has 0 aliphatic carbocycles. The predicted molar refractivity (Wildman–Crippen MR) is 164 cm³/mol. The van der Waals surface area contributed by atoms with Crippen LogP contribution < -0.4 is 10.6 Å². The molecule has 232 valence electrons. The molecule has 42 heavy (non-hydrogen) atoms. The maximum atomic E-state index is 14.1. The number of carbonyl (C=O) groups excluding carboxylic acids is 1. The number of hydrogen-bond donors (Lipinski definition) is 1. The number of alkyl halides is 3. The fourth-order valence-corrected chi connectivity index (χ4v) is 6.47. The number of nitrogens with zero attached hydrogens (tertiary/aromatic N) is 4. The maximum absolute atomic E-state index is 14.1. The number of likely N-dealkylation sites (N-methyl/N-ethyl adjacent to an activating group) is 1. The van der Waals surface area contributed by atoms with Crippen molar-refractivity contribution in [2.45, 2.75) is 51.9 Å². The second kappa shape index (κ2) is 14.2. The summed E-state index contributed by atoms with van der Waals surface area (Å²) in [5.74, 6) is 0.289. The van der Waals surface area contributed by atoms with E-state index in [9.17, 15) is 18.0 Å². The fraction of sp³-hybridized carbons (Fsp3) is 0.581. The zero-order valence-electron chi connectivity index (χ0n) is 24.6. The molecule has 0 spiro atoms. The minimum absolute atomic E-state index is 0.0507. The van der Waals surface area contributed by atoms with Gasteiger partial charge in [0.2, 0.25) is 5.91 Å². The molecule has 2 unspecified atom stereocenters. The van der Waals surface area contributed by atoms with Crippen molar-refractivity contribution in [3.63, 3.8) is 0 Å². The molecular weight excluding hydrogens is 586 g/mol. The van der Waals surface area contributed by atoms with E-state index in [4.69, 9.17) is 28.9 Å². The van der Waals surface area contributed by atoms with E-state index in [0.717, 1.165) is 44.4 Å². The number of carbonyl (C=O) groups is 1. The highest BCUT2D eigenvalue weighted by Gasteiger charge is 2.35. The van der Waals surface area contributed by atoms with Crippen LogP contribution in [0.1, 0.15) is 49.9 Å². The number of rotatable bonds is 9. The van der Waals surface area contributed by atoms with Gasteiger partial charge in [-0.05, 0) is 66.8 Å². The zero-order valence-corrected chi connectivity index (χ0v) is 26.2. The summed E-state index contributed by atoms with van der Waals surface area (Å²) in [5.41, 5.74) is 7.84. The summed E-state index contributed by atoms with van der Waals surface area (Å²) in [4.78, 5) is 22.6. The van der Waals surface area contributed by atoms with Crippen LogP contribution in [-0.2, 0) is 17.4 Å². The second-order valence-corrected chi connectivity index (χ2v) is 12.6. The Bertz CT molecular complexity index is 1210. The number of hydrogen-bond acceptors (Lipinski definition) is 5. The largest absolute Gasteiger partial charge is 0.416 e. The van der Waals surface area contributed by atoms with Crippen LogP contribution in [0, 0.1) is 5.92 Å². The molecule has 2 N–H and O–H groups in total. The molecule has 2 atom stereocenters. The summed E-state index contributed by atoms with van der Waals surface area (Å²) in [7, 11) is 0. The van der Waals surface area contributed by atoms with Gasteiger partial charge in [-0.2, -0.15) is 13.2 Å². The summed E-state index contributed by atoms with van der Waals surface area (Å²) in [6.45, 7) is 12.5. The molecule has 1 amide bonds.